The number of rotatable bonds is 3. The third-order valence-electron chi connectivity index (χ3n) is 1.48. The lowest BCUT2D eigenvalue weighted by molar-refractivity contribution is 0.463. The van der Waals surface area contributed by atoms with Crippen LogP contribution in [0.2, 0.25) is 0 Å². The summed E-state index contributed by atoms with van der Waals surface area (Å²) in [5.41, 5.74) is 0.364. The predicted octanol–water partition coefficient (Wildman–Crippen LogP) is 1.49. The van der Waals surface area contributed by atoms with E-state index in [2.05, 4.69) is 4.72 Å². The van der Waals surface area contributed by atoms with Gasteiger partial charge in [0.05, 0.1) is 11.9 Å². The molecule has 0 bridgehead atoms. The second-order valence-corrected chi connectivity index (χ2v) is 5.36. The molecule has 1 rings (SSSR count). The Bertz CT molecular complexity index is 428. The molecule has 0 fully saturated rings. The first-order valence-corrected chi connectivity index (χ1v) is 6.89. The third kappa shape index (κ3) is 3.12. The van der Waals surface area contributed by atoms with E-state index in [4.69, 9.17) is 0 Å². The molecule has 0 amide bonds. The average molecular weight is 233 g/mol. The molecule has 14 heavy (non-hydrogen) atoms. The van der Waals surface area contributed by atoms with E-state index in [-0.39, 0.29) is 5.75 Å². The molecule has 0 aliphatic heterocycles. The highest BCUT2D eigenvalue weighted by atomic mass is 32.2. The van der Waals surface area contributed by atoms with Crippen molar-refractivity contribution in [2.45, 2.75) is 4.90 Å². The van der Waals surface area contributed by atoms with Gasteiger partial charge in [0, 0.05) is 11.0 Å². The molecule has 0 atom stereocenters. The Hall–Kier alpha value is -0.880. The van der Waals surface area contributed by atoms with E-state index in [1.54, 1.807) is 12.1 Å². The number of benzene rings is 1. The minimum atomic E-state index is -3.28. The average Bonchev–Trinajstić information content (AvgIpc) is 2.01. The van der Waals surface area contributed by atoms with E-state index in [1.807, 2.05) is 6.26 Å². The number of hydrogen-bond acceptors (Lipinski definition) is 4. The van der Waals surface area contributed by atoms with Crippen LogP contribution in [-0.2, 0) is 10.0 Å². The van der Waals surface area contributed by atoms with Gasteiger partial charge in [-0.1, -0.05) is 0 Å². The fraction of sp³-hybridized carbons (Fsp3) is 0.250. The first-order chi connectivity index (χ1) is 6.42. The summed E-state index contributed by atoms with van der Waals surface area (Å²) in [5.74, 6) is 0.0751. The number of nitrogens with one attached hydrogen (secondary N) is 1. The first kappa shape index (κ1) is 11.2. The zero-order chi connectivity index (χ0) is 10.8. The van der Waals surface area contributed by atoms with E-state index >= 15 is 0 Å². The van der Waals surface area contributed by atoms with Crippen LogP contribution in [0.15, 0.2) is 23.1 Å². The summed E-state index contributed by atoms with van der Waals surface area (Å²) in [6.45, 7) is 0. The Morgan fingerprint density at radius 3 is 2.50 bits per heavy atom. The molecule has 0 saturated heterocycles. The van der Waals surface area contributed by atoms with Crippen molar-refractivity contribution in [1.82, 2.24) is 0 Å². The smallest absolute Gasteiger partial charge is 0.229 e. The quantitative estimate of drug-likeness (QED) is 0.776. The van der Waals surface area contributed by atoms with Gasteiger partial charge in [0.2, 0.25) is 10.0 Å². The van der Waals surface area contributed by atoms with Gasteiger partial charge in [-0.25, -0.2) is 8.42 Å². The zero-order valence-electron chi connectivity index (χ0n) is 7.81. The summed E-state index contributed by atoms with van der Waals surface area (Å²) < 4.78 is 24.0. The van der Waals surface area contributed by atoms with Gasteiger partial charge in [0.25, 0.3) is 0 Å². The van der Waals surface area contributed by atoms with Crippen molar-refractivity contribution in [3.63, 3.8) is 0 Å². The maximum atomic E-state index is 10.9. The first-order valence-electron chi connectivity index (χ1n) is 3.77. The molecule has 6 heteroatoms. The van der Waals surface area contributed by atoms with Gasteiger partial charge in [0.15, 0.2) is 0 Å². The number of phenols is 1. The van der Waals surface area contributed by atoms with E-state index in [0.717, 1.165) is 6.26 Å². The molecule has 0 aromatic heterocycles. The normalized spacial score (nSPS) is 11.3. The Balaban J connectivity index is 2.98. The summed E-state index contributed by atoms with van der Waals surface area (Å²) >= 11 is 1.39. The largest absolute Gasteiger partial charge is 0.507 e. The Labute approximate surface area is 87.4 Å². The summed E-state index contributed by atoms with van der Waals surface area (Å²) in [7, 11) is -3.28. The van der Waals surface area contributed by atoms with Crippen molar-refractivity contribution in [3.8, 4) is 5.75 Å². The maximum absolute atomic E-state index is 10.9. The molecular weight excluding hydrogens is 222 g/mol. The van der Waals surface area contributed by atoms with Crippen LogP contribution in [0.4, 0.5) is 5.69 Å². The molecule has 0 unspecified atom stereocenters. The summed E-state index contributed by atoms with van der Waals surface area (Å²) in [4.78, 5) is 0.712. The van der Waals surface area contributed by atoms with Gasteiger partial charge in [-0.15, -0.1) is 11.8 Å². The van der Waals surface area contributed by atoms with Gasteiger partial charge in [-0.2, -0.15) is 0 Å². The highest BCUT2D eigenvalue weighted by molar-refractivity contribution is 7.98. The summed E-state index contributed by atoms with van der Waals surface area (Å²) in [5, 5.41) is 9.43. The lowest BCUT2D eigenvalue weighted by Gasteiger charge is -2.06. The van der Waals surface area contributed by atoms with E-state index in [0.29, 0.717) is 10.6 Å². The van der Waals surface area contributed by atoms with Gasteiger partial charge in [-0.05, 0) is 18.4 Å². The minimum absolute atomic E-state index is 0.0751. The van der Waals surface area contributed by atoms with Crippen LogP contribution in [0, 0.1) is 0 Å². The number of sulfonamides is 1. The second kappa shape index (κ2) is 4.10. The highest BCUT2D eigenvalue weighted by Gasteiger charge is 2.04. The Morgan fingerprint density at radius 1 is 1.43 bits per heavy atom. The highest BCUT2D eigenvalue weighted by Crippen LogP contribution is 2.29. The molecule has 1 aromatic rings. The maximum Gasteiger partial charge on any atom is 0.229 e. The molecule has 78 valence electrons. The molecule has 0 aliphatic rings. The monoisotopic (exact) mass is 233 g/mol. The van der Waals surface area contributed by atoms with Gasteiger partial charge >= 0.3 is 0 Å². The zero-order valence-corrected chi connectivity index (χ0v) is 9.45. The van der Waals surface area contributed by atoms with Gasteiger partial charge in [-0.3, -0.25) is 4.72 Å². The van der Waals surface area contributed by atoms with E-state index in [1.165, 1.54) is 17.8 Å². The van der Waals surface area contributed by atoms with Crippen molar-refractivity contribution in [2.75, 3.05) is 17.2 Å². The fourth-order valence-electron chi connectivity index (χ4n) is 0.968. The molecular formula is C8H11NO3S2. The van der Waals surface area contributed by atoms with Crippen molar-refractivity contribution in [2.24, 2.45) is 0 Å². The standard InChI is InChI=1S/C8H11NO3S2/c1-13-8-4-3-6(5-7(8)10)9-14(2,11)12/h3-5,9-10H,1-2H3. The van der Waals surface area contributed by atoms with Gasteiger partial charge in [0.1, 0.15) is 5.75 Å². The predicted molar refractivity (Wildman–Crippen MR) is 58.4 cm³/mol. The van der Waals surface area contributed by atoms with E-state index in [9.17, 15) is 13.5 Å². The number of phenolic OH excluding ortho intramolecular Hbond substituents is 1. The lowest BCUT2D eigenvalue weighted by atomic mass is 10.3. The van der Waals surface area contributed by atoms with Crippen molar-refractivity contribution >= 4 is 27.5 Å². The molecule has 4 nitrogen and oxygen atoms in total. The van der Waals surface area contributed by atoms with Crippen LogP contribution in [-0.4, -0.2) is 26.0 Å². The van der Waals surface area contributed by atoms with Crippen LogP contribution >= 0.6 is 11.8 Å². The summed E-state index contributed by atoms with van der Waals surface area (Å²) in [6.07, 6.45) is 2.89. The van der Waals surface area contributed by atoms with E-state index < -0.39 is 10.0 Å². The minimum Gasteiger partial charge on any atom is -0.507 e. The van der Waals surface area contributed by atoms with Crippen molar-refractivity contribution in [3.05, 3.63) is 18.2 Å². The number of thioether (sulfide) groups is 1. The topological polar surface area (TPSA) is 66.4 Å². The fourth-order valence-corrected chi connectivity index (χ4v) is 1.99. The Kier molecular flexibility index (Phi) is 3.28. The molecule has 0 saturated carbocycles. The molecule has 0 heterocycles. The third-order valence-corrected chi connectivity index (χ3v) is 2.87. The van der Waals surface area contributed by atoms with Crippen LogP contribution in [0.25, 0.3) is 0 Å². The Morgan fingerprint density at radius 2 is 2.07 bits per heavy atom. The molecule has 1 aromatic carbocycles. The molecule has 0 radical (unpaired) electrons. The summed E-state index contributed by atoms with van der Waals surface area (Å²) in [6, 6.07) is 4.65. The lowest BCUT2D eigenvalue weighted by Crippen LogP contribution is -2.09. The molecule has 0 aliphatic carbocycles. The SMILES string of the molecule is CSc1ccc(NS(C)(=O)=O)cc1O. The molecule has 0 spiro atoms. The van der Waals surface area contributed by atoms with Crippen molar-refractivity contribution in [1.29, 1.82) is 0 Å². The van der Waals surface area contributed by atoms with Crippen LogP contribution in [0.3, 0.4) is 0 Å². The van der Waals surface area contributed by atoms with Gasteiger partial charge < -0.3 is 5.11 Å². The second-order valence-electron chi connectivity index (χ2n) is 2.76. The number of anilines is 1. The number of aromatic hydroxyl groups is 1. The molecule has 2 N–H and O–H groups in total. The van der Waals surface area contributed by atoms with Crippen LogP contribution < -0.4 is 4.72 Å². The van der Waals surface area contributed by atoms with Crippen LogP contribution in [0.1, 0.15) is 0 Å². The van der Waals surface area contributed by atoms with Crippen molar-refractivity contribution < 1.29 is 13.5 Å². The number of hydrogen-bond donors (Lipinski definition) is 2. The van der Waals surface area contributed by atoms with Crippen LogP contribution in [0.5, 0.6) is 5.75 Å².